The van der Waals surface area contributed by atoms with E-state index in [-0.39, 0.29) is 5.91 Å². The van der Waals surface area contributed by atoms with E-state index in [9.17, 15) is 10.1 Å². The summed E-state index contributed by atoms with van der Waals surface area (Å²) in [5, 5.41) is 12.4. The number of benzene rings is 1. The van der Waals surface area contributed by atoms with Crippen LogP contribution in [-0.2, 0) is 11.3 Å². The summed E-state index contributed by atoms with van der Waals surface area (Å²) in [5.74, 6) is 1.20. The van der Waals surface area contributed by atoms with E-state index in [1.165, 1.54) is 0 Å². The first-order valence-electron chi connectivity index (χ1n) is 8.64. The first-order chi connectivity index (χ1) is 11.6. The molecular formula is C19H26N2O3. The highest BCUT2D eigenvalue weighted by Crippen LogP contribution is 2.36. The molecule has 2 rings (SSSR count). The van der Waals surface area contributed by atoms with Gasteiger partial charge in [-0.1, -0.05) is 32.3 Å². The molecule has 1 saturated carbocycles. The van der Waals surface area contributed by atoms with Crippen molar-refractivity contribution in [3.8, 4) is 17.6 Å². The molecule has 0 unspecified atom stereocenters. The van der Waals surface area contributed by atoms with Gasteiger partial charge in [-0.2, -0.15) is 5.26 Å². The Kier molecular flexibility index (Phi) is 6.48. The molecule has 24 heavy (non-hydrogen) atoms. The summed E-state index contributed by atoms with van der Waals surface area (Å²) in [4.78, 5) is 12.5. The Labute approximate surface area is 144 Å². The highest BCUT2D eigenvalue weighted by Gasteiger charge is 2.39. The largest absolute Gasteiger partial charge is 0.493 e. The van der Waals surface area contributed by atoms with Crippen LogP contribution in [-0.4, -0.2) is 19.6 Å². The van der Waals surface area contributed by atoms with Gasteiger partial charge in [-0.3, -0.25) is 4.79 Å². The number of hydrogen-bond donors (Lipinski definition) is 1. The zero-order valence-corrected chi connectivity index (χ0v) is 14.6. The Morgan fingerprint density at radius 3 is 2.67 bits per heavy atom. The molecular weight excluding hydrogens is 304 g/mol. The number of nitrogens with one attached hydrogen (secondary N) is 1. The van der Waals surface area contributed by atoms with Crippen molar-refractivity contribution < 1.29 is 14.3 Å². The molecule has 0 radical (unpaired) electrons. The normalized spacial score (nSPS) is 16.0. The smallest absolute Gasteiger partial charge is 0.240 e. The number of hydrogen-bond acceptors (Lipinski definition) is 4. The number of amides is 1. The molecule has 0 spiro atoms. The fraction of sp³-hybridized carbons (Fsp3) is 0.579. The fourth-order valence-corrected chi connectivity index (χ4v) is 3.05. The second-order valence-electron chi connectivity index (χ2n) is 6.27. The van der Waals surface area contributed by atoms with Gasteiger partial charge in [-0.05, 0) is 37.0 Å². The van der Waals surface area contributed by atoms with Crippen molar-refractivity contribution >= 4 is 5.91 Å². The molecule has 1 aliphatic carbocycles. The number of nitriles is 1. The van der Waals surface area contributed by atoms with Crippen LogP contribution in [0.3, 0.4) is 0 Å². The average Bonchev–Trinajstić information content (AvgIpc) is 2.65. The van der Waals surface area contributed by atoms with Gasteiger partial charge < -0.3 is 14.8 Å². The number of ether oxygens (including phenoxy) is 2. The third-order valence-corrected chi connectivity index (χ3v) is 4.50. The van der Waals surface area contributed by atoms with Gasteiger partial charge in [-0.25, -0.2) is 0 Å². The molecule has 0 atom stereocenters. The topological polar surface area (TPSA) is 71.3 Å². The van der Waals surface area contributed by atoms with E-state index in [2.05, 4.69) is 11.4 Å². The van der Waals surface area contributed by atoms with E-state index in [0.29, 0.717) is 37.5 Å². The predicted molar refractivity (Wildman–Crippen MR) is 91.8 cm³/mol. The van der Waals surface area contributed by atoms with Crippen molar-refractivity contribution in [2.24, 2.45) is 5.41 Å². The first kappa shape index (κ1) is 18.1. The Hall–Kier alpha value is -2.22. The lowest BCUT2D eigenvalue weighted by Crippen LogP contribution is -2.41. The molecule has 1 amide bonds. The molecule has 0 saturated heterocycles. The lowest BCUT2D eigenvalue weighted by molar-refractivity contribution is -0.129. The van der Waals surface area contributed by atoms with E-state index < -0.39 is 5.41 Å². The second-order valence-corrected chi connectivity index (χ2v) is 6.27. The maximum Gasteiger partial charge on any atom is 0.240 e. The van der Waals surface area contributed by atoms with Crippen LogP contribution in [0.5, 0.6) is 11.5 Å². The predicted octanol–water partition coefficient (Wildman–Crippen LogP) is 3.57. The summed E-state index contributed by atoms with van der Waals surface area (Å²) in [7, 11) is 1.60. The van der Waals surface area contributed by atoms with Crippen LogP contribution in [0.15, 0.2) is 18.2 Å². The molecule has 1 fully saturated rings. The maximum absolute atomic E-state index is 12.5. The maximum atomic E-state index is 12.5. The van der Waals surface area contributed by atoms with Crippen LogP contribution < -0.4 is 14.8 Å². The molecule has 1 aromatic rings. The van der Waals surface area contributed by atoms with Gasteiger partial charge in [0.15, 0.2) is 11.5 Å². The standard InChI is InChI=1S/C19H26N2O3/c1-3-11-24-16-8-7-15(12-17(16)23-2)13-21-18(22)19(14-20)9-5-4-6-10-19/h7-8,12H,3-6,9-11,13H2,1-2H3,(H,21,22). The summed E-state index contributed by atoms with van der Waals surface area (Å²) in [6, 6.07) is 7.89. The van der Waals surface area contributed by atoms with Crippen LogP contribution in [0, 0.1) is 16.7 Å². The number of nitrogens with zero attached hydrogens (tertiary/aromatic N) is 1. The van der Waals surface area contributed by atoms with Gasteiger partial charge >= 0.3 is 0 Å². The summed E-state index contributed by atoms with van der Waals surface area (Å²) in [6.45, 7) is 3.07. The minimum atomic E-state index is -0.855. The third kappa shape index (κ3) is 4.19. The molecule has 5 heteroatoms. The summed E-state index contributed by atoms with van der Waals surface area (Å²) in [6.07, 6.45) is 5.23. The van der Waals surface area contributed by atoms with Crippen molar-refractivity contribution in [3.63, 3.8) is 0 Å². The Morgan fingerprint density at radius 2 is 2.04 bits per heavy atom. The molecule has 130 valence electrons. The van der Waals surface area contributed by atoms with Gasteiger partial charge in [0.25, 0.3) is 0 Å². The Bertz CT molecular complexity index is 601. The SMILES string of the molecule is CCCOc1ccc(CNC(=O)C2(C#N)CCCCC2)cc1OC. The lowest BCUT2D eigenvalue weighted by Gasteiger charge is -2.29. The van der Waals surface area contributed by atoms with Crippen LogP contribution in [0.4, 0.5) is 0 Å². The average molecular weight is 330 g/mol. The molecule has 0 heterocycles. The number of rotatable bonds is 7. The third-order valence-electron chi connectivity index (χ3n) is 4.50. The van der Waals surface area contributed by atoms with Gasteiger partial charge in [0.05, 0.1) is 19.8 Å². The lowest BCUT2D eigenvalue weighted by atomic mass is 9.74. The monoisotopic (exact) mass is 330 g/mol. The van der Waals surface area contributed by atoms with Gasteiger partial charge in [0, 0.05) is 6.54 Å². The number of carbonyl (C=O) groups excluding carboxylic acids is 1. The minimum absolute atomic E-state index is 0.157. The molecule has 0 bridgehead atoms. The van der Waals surface area contributed by atoms with Crippen LogP contribution in [0.2, 0.25) is 0 Å². The summed E-state index contributed by atoms with van der Waals surface area (Å²) in [5.41, 5.74) is 0.0694. The zero-order chi connectivity index (χ0) is 17.4. The highest BCUT2D eigenvalue weighted by molar-refractivity contribution is 5.85. The summed E-state index contributed by atoms with van der Waals surface area (Å²) < 4.78 is 11.0. The zero-order valence-electron chi connectivity index (χ0n) is 14.6. The van der Waals surface area contributed by atoms with Crippen molar-refractivity contribution in [1.29, 1.82) is 5.26 Å². The Morgan fingerprint density at radius 1 is 1.29 bits per heavy atom. The van der Waals surface area contributed by atoms with Crippen LogP contribution in [0.1, 0.15) is 51.0 Å². The Balaban J connectivity index is 2.00. The first-order valence-corrected chi connectivity index (χ1v) is 8.64. The van der Waals surface area contributed by atoms with Gasteiger partial charge in [-0.15, -0.1) is 0 Å². The summed E-state index contributed by atoms with van der Waals surface area (Å²) >= 11 is 0. The molecule has 0 aromatic heterocycles. The molecule has 1 N–H and O–H groups in total. The molecule has 1 aromatic carbocycles. The van der Waals surface area contributed by atoms with Gasteiger partial charge in [0.1, 0.15) is 5.41 Å². The van der Waals surface area contributed by atoms with Crippen molar-refractivity contribution in [3.05, 3.63) is 23.8 Å². The van der Waals surface area contributed by atoms with E-state index in [0.717, 1.165) is 31.2 Å². The number of methoxy groups -OCH3 is 1. The number of carbonyl (C=O) groups is 1. The van der Waals surface area contributed by atoms with Crippen molar-refractivity contribution in [1.82, 2.24) is 5.32 Å². The quantitative estimate of drug-likeness (QED) is 0.829. The second kappa shape index (κ2) is 8.58. The van der Waals surface area contributed by atoms with E-state index in [1.54, 1.807) is 7.11 Å². The fourth-order valence-electron chi connectivity index (χ4n) is 3.05. The molecule has 1 aliphatic rings. The van der Waals surface area contributed by atoms with Gasteiger partial charge in [0.2, 0.25) is 5.91 Å². The molecule has 5 nitrogen and oxygen atoms in total. The van der Waals surface area contributed by atoms with Crippen LogP contribution >= 0.6 is 0 Å². The highest BCUT2D eigenvalue weighted by atomic mass is 16.5. The van der Waals surface area contributed by atoms with E-state index in [1.807, 2.05) is 25.1 Å². The van der Waals surface area contributed by atoms with Crippen molar-refractivity contribution in [2.45, 2.75) is 52.0 Å². The van der Waals surface area contributed by atoms with E-state index in [4.69, 9.17) is 9.47 Å². The van der Waals surface area contributed by atoms with E-state index >= 15 is 0 Å². The van der Waals surface area contributed by atoms with Crippen LogP contribution in [0.25, 0.3) is 0 Å². The molecule has 0 aliphatic heterocycles. The minimum Gasteiger partial charge on any atom is -0.493 e. The van der Waals surface area contributed by atoms with Crippen molar-refractivity contribution in [2.75, 3.05) is 13.7 Å².